The van der Waals surface area contributed by atoms with Crippen molar-refractivity contribution in [3.8, 4) is 0 Å². The Kier molecular flexibility index (Phi) is 3.52. The molecule has 21 heavy (non-hydrogen) atoms. The molecule has 1 aromatic carbocycles. The van der Waals surface area contributed by atoms with Crippen LogP contribution in [0.5, 0.6) is 0 Å². The largest absolute Gasteiger partial charge is 0.444 e. The molecule has 2 bridgehead atoms. The van der Waals surface area contributed by atoms with E-state index in [1.165, 1.54) is 11.1 Å². The molecule has 0 unspecified atom stereocenters. The van der Waals surface area contributed by atoms with Crippen molar-refractivity contribution in [2.75, 3.05) is 0 Å². The third-order valence-corrected chi connectivity index (χ3v) is 4.16. The number of nitrogens with zero attached hydrogens (tertiary/aromatic N) is 1. The molecule has 0 saturated carbocycles. The zero-order chi connectivity index (χ0) is 15.0. The van der Waals surface area contributed by atoms with Crippen LogP contribution in [-0.2, 0) is 4.74 Å². The SMILES string of the molecule is CC(C)(C)OC(=O)N1[C@H]2CC[C@@H]1/C(=C/c1ccccc1)C2. The first kappa shape index (κ1) is 14.2. The molecule has 3 nitrogen and oxygen atoms in total. The van der Waals surface area contributed by atoms with Crippen molar-refractivity contribution in [2.45, 2.75) is 57.7 Å². The van der Waals surface area contributed by atoms with E-state index in [-0.39, 0.29) is 12.1 Å². The lowest BCUT2D eigenvalue weighted by Crippen LogP contribution is -2.39. The van der Waals surface area contributed by atoms with E-state index in [0.29, 0.717) is 6.04 Å². The number of hydrogen-bond acceptors (Lipinski definition) is 2. The van der Waals surface area contributed by atoms with Crippen LogP contribution < -0.4 is 0 Å². The van der Waals surface area contributed by atoms with Gasteiger partial charge in [0.15, 0.2) is 0 Å². The molecule has 0 spiro atoms. The highest BCUT2D eigenvalue weighted by molar-refractivity contribution is 5.72. The number of carbonyl (C=O) groups is 1. The third kappa shape index (κ3) is 2.97. The van der Waals surface area contributed by atoms with Gasteiger partial charge < -0.3 is 4.74 Å². The zero-order valence-electron chi connectivity index (χ0n) is 13.0. The summed E-state index contributed by atoms with van der Waals surface area (Å²) in [6.45, 7) is 5.76. The lowest BCUT2D eigenvalue weighted by molar-refractivity contribution is 0.0224. The number of rotatable bonds is 1. The van der Waals surface area contributed by atoms with Gasteiger partial charge in [-0.3, -0.25) is 4.90 Å². The quantitative estimate of drug-likeness (QED) is 0.772. The first-order valence-electron chi connectivity index (χ1n) is 7.71. The standard InChI is InChI=1S/C18H23NO2/c1-18(2,3)21-17(20)19-15-9-10-16(19)14(12-15)11-13-7-5-4-6-8-13/h4-8,11,15-16H,9-10,12H2,1-3H3/b14-11+/t15-,16+/m0/s1. The Balaban J connectivity index is 1.78. The van der Waals surface area contributed by atoms with Crippen molar-refractivity contribution in [3.05, 3.63) is 41.5 Å². The maximum Gasteiger partial charge on any atom is 0.411 e. The Morgan fingerprint density at radius 1 is 1.24 bits per heavy atom. The Bertz CT molecular complexity index is 556. The normalized spacial score (nSPS) is 26.4. The van der Waals surface area contributed by atoms with Gasteiger partial charge in [-0.25, -0.2) is 4.79 Å². The molecule has 0 aliphatic carbocycles. The lowest BCUT2D eigenvalue weighted by atomic mass is 9.93. The van der Waals surface area contributed by atoms with Crippen LogP contribution in [0.3, 0.4) is 0 Å². The van der Waals surface area contributed by atoms with Crippen molar-refractivity contribution in [2.24, 2.45) is 0 Å². The van der Waals surface area contributed by atoms with E-state index >= 15 is 0 Å². The van der Waals surface area contributed by atoms with E-state index in [4.69, 9.17) is 4.74 Å². The number of ether oxygens (including phenoxy) is 1. The fraction of sp³-hybridized carbons (Fsp3) is 0.500. The predicted octanol–water partition coefficient (Wildman–Crippen LogP) is 4.24. The molecule has 0 radical (unpaired) electrons. The molecule has 0 N–H and O–H groups in total. The van der Waals surface area contributed by atoms with Gasteiger partial charge in [0.05, 0.1) is 6.04 Å². The van der Waals surface area contributed by atoms with Gasteiger partial charge in [-0.05, 0) is 51.2 Å². The Hall–Kier alpha value is -1.77. The summed E-state index contributed by atoms with van der Waals surface area (Å²) in [5.41, 5.74) is 2.15. The average Bonchev–Trinajstić information content (AvgIpc) is 2.95. The van der Waals surface area contributed by atoms with Gasteiger partial charge in [0.1, 0.15) is 5.60 Å². The summed E-state index contributed by atoms with van der Waals surface area (Å²) in [4.78, 5) is 14.4. The van der Waals surface area contributed by atoms with E-state index in [9.17, 15) is 4.79 Å². The molecule has 2 aliphatic heterocycles. The monoisotopic (exact) mass is 285 g/mol. The van der Waals surface area contributed by atoms with Gasteiger partial charge in [0.25, 0.3) is 0 Å². The summed E-state index contributed by atoms with van der Waals surface area (Å²) in [5, 5.41) is 0. The number of benzene rings is 1. The summed E-state index contributed by atoms with van der Waals surface area (Å²) in [7, 11) is 0. The second-order valence-electron chi connectivity index (χ2n) is 6.97. The minimum atomic E-state index is -0.428. The minimum Gasteiger partial charge on any atom is -0.444 e. The smallest absolute Gasteiger partial charge is 0.411 e. The van der Waals surface area contributed by atoms with Crippen LogP contribution in [0.15, 0.2) is 35.9 Å². The highest BCUT2D eigenvalue weighted by atomic mass is 16.6. The molecule has 2 atom stereocenters. The number of hydrogen-bond donors (Lipinski definition) is 0. The van der Waals surface area contributed by atoms with Crippen molar-refractivity contribution in [1.82, 2.24) is 4.90 Å². The first-order chi connectivity index (χ1) is 9.94. The maximum atomic E-state index is 12.4. The van der Waals surface area contributed by atoms with Crippen LogP contribution in [-0.4, -0.2) is 28.7 Å². The maximum absolute atomic E-state index is 12.4. The van der Waals surface area contributed by atoms with Crippen molar-refractivity contribution in [3.63, 3.8) is 0 Å². The predicted molar refractivity (Wildman–Crippen MR) is 83.9 cm³/mol. The molecule has 2 heterocycles. The minimum absolute atomic E-state index is 0.161. The van der Waals surface area contributed by atoms with E-state index < -0.39 is 5.60 Å². The summed E-state index contributed by atoms with van der Waals surface area (Å²) in [5.74, 6) is 0. The molecule has 0 aromatic heterocycles. The van der Waals surface area contributed by atoms with E-state index in [1.807, 2.05) is 43.9 Å². The highest BCUT2D eigenvalue weighted by Gasteiger charge is 2.46. The summed E-state index contributed by atoms with van der Waals surface area (Å²) in [6.07, 6.45) is 5.21. The van der Waals surface area contributed by atoms with Crippen molar-refractivity contribution >= 4 is 12.2 Å². The molecule has 1 aromatic rings. The van der Waals surface area contributed by atoms with Gasteiger partial charge >= 0.3 is 6.09 Å². The van der Waals surface area contributed by atoms with Crippen LogP contribution in [0.4, 0.5) is 4.79 Å². The van der Waals surface area contributed by atoms with Gasteiger partial charge in [-0.15, -0.1) is 0 Å². The summed E-state index contributed by atoms with van der Waals surface area (Å²) >= 11 is 0. The second-order valence-corrected chi connectivity index (χ2v) is 6.97. The summed E-state index contributed by atoms with van der Waals surface area (Å²) < 4.78 is 5.56. The molecule has 2 fully saturated rings. The molecule has 112 valence electrons. The Morgan fingerprint density at radius 2 is 1.95 bits per heavy atom. The average molecular weight is 285 g/mol. The van der Waals surface area contributed by atoms with E-state index in [1.54, 1.807) is 0 Å². The van der Waals surface area contributed by atoms with E-state index in [0.717, 1.165) is 19.3 Å². The molecule has 2 aliphatic rings. The van der Waals surface area contributed by atoms with Gasteiger partial charge in [0.2, 0.25) is 0 Å². The Labute approximate surface area is 126 Å². The van der Waals surface area contributed by atoms with Crippen LogP contribution in [0.1, 0.15) is 45.6 Å². The molecule has 2 saturated heterocycles. The third-order valence-electron chi connectivity index (χ3n) is 4.16. The number of fused-ring (bicyclic) bond motifs is 2. The summed E-state index contributed by atoms with van der Waals surface area (Å²) in [6, 6.07) is 10.9. The fourth-order valence-corrected chi connectivity index (χ4v) is 3.36. The van der Waals surface area contributed by atoms with Crippen LogP contribution in [0, 0.1) is 0 Å². The topological polar surface area (TPSA) is 29.5 Å². The molecule has 1 amide bonds. The molecule has 3 heteroatoms. The fourth-order valence-electron chi connectivity index (χ4n) is 3.36. The van der Waals surface area contributed by atoms with Crippen molar-refractivity contribution in [1.29, 1.82) is 0 Å². The number of amides is 1. The van der Waals surface area contributed by atoms with Crippen LogP contribution in [0.25, 0.3) is 6.08 Å². The van der Waals surface area contributed by atoms with Gasteiger partial charge in [0, 0.05) is 6.04 Å². The zero-order valence-corrected chi connectivity index (χ0v) is 13.0. The van der Waals surface area contributed by atoms with Gasteiger partial charge in [-0.2, -0.15) is 0 Å². The van der Waals surface area contributed by atoms with Crippen LogP contribution in [0.2, 0.25) is 0 Å². The molecular formula is C18H23NO2. The van der Waals surface area contributed by atoms with E-state index in [2.05, 4.69) is 18.2 Å². The second kappa shape index (κ2) is 5.21. The first-order valence-corrected chi connectivity index (χ1v) is 7.71. The number of carbonyl (C=O) groups excluding carboxylic acids is 1. The Morgan fingerprint density at radius 3 is 2.62 bits per heavy atom. The molecular weight excluding hydrogens is 262 g/mol. The molecule has 3 rings (SSSR count). The lowest BCUT2D eigenvalue weighted by Gasteiger charge is -2.27. The highest BCUT2D eigenvalue weighted by Crippen LogP contribution is 2.42. The van der Waals surface area contributed by atoms with Crippen molar-refractivity contribution < 1.29 is 9.53 Å². The van der Waals surface area contributed by atoms with Gasteiger partial charge in [-0.1, -0.05) is 36.4 Å². The van der Waals surface area contributed by atoms with Crippen LogP contribution >= 0.6 is 0 Å².